The minimum atomic E-state index is -0.119. The molecule has 1 N–H and O–H groups in total. The van der Waals surface area contributed by atoms with E-state index in [0.717, 1.165) is 30.6 Å². The Balaban J connectivity index is 1.42. The molecule has 1 fully saturated rings. The van der Waals surface area contributed by atoms with Gasteiger partial charge in [-0.2, -0.15) is 0 Å². The Kier molecular flexibility index (Phi) is 7.17. The van der Waals surface area contributed by atoms with Gasteiger partial charge in [-0.05, 0) is 43.8 Å². The maximum atomic E-state index is 12.0. The van der Waals surface area contributed by atoms with Crippen LogP contribution in [-0.2, 0) is 17.7 Å². The average Bonchev–Trinajstić information content (AvgIpc) is 3.13. The van der Waals surface area contributed by atoms with Gasteiger partial charge in [-0.15, -0.1) is 11.3 Å². The smallest absolute Gasteiger partial charge is 0.270 e. The van der Waals surface area contributed by atoms with Crippen molar-refractivity contribution >= 4 is 17.2 Å². The molecule has 0 radical (unpaired) electrons. The van der Waals surface area contributed by atoms with Crippen molar-refractivity contribution in [1.29, 1.82) is 0 Å². The number of carbonyl (C=O) groups is 1. The lowest BCUT2D eigenvalue weighted by molar-refractivity contribution is 0.0932. The summed E-state index contributed by atoms with van der Waals surface area (Å²) in [5, 5.41) is 5.68. The molecule has 5 nitrogen and oxygen atoms in total. The van der Waals surface area contributed by atoms with E-state index >= 15 is 0 Å². The molecule has 0 bridgehead atoms. The molecule has 1 amide bonds. The molecule has 0 atom stereocenters. The zero-order valence-corrected chi connectivity index (χ0v) is 16.1. The van der Waals surface area contributed by atoms with Crippen LogP contribution in [0.5, 0.6) is 0 Å². The van der Waals surface area contributed by atoms with Crippen molar-refractivity contribution in [3.05, 3.63) is 52.0 Å². The third kappa shape index (κ3) is 5.62. The monoisotopic (exact) mass is 373 g/mol. The van der Waals surface area contributed by atoms with Gasteiger partial charge >= 0.3 is 0 Å². The lowest BCUT2D eigenvalue weighted by Crippen LogP contribution is -2.34. The van der Waals surface area contributed by atoms with Crippen molar-refractivity contribution < 1.29 is 9.53 Å². The zero-order chi connectivity index (χ0) is 18.2. The van der Waals surface area contributed by atoms with E-state index in [2.05, 4.69) is 45.5 Å². The summed E-state index contributed by atoms with van der Waals surface area (Å²) >= 11 is 1.57. The average molecular weight is 374 g/mol. The van der Waals surface area contributed by atoms with E-state index in [4.69, 9.17) is 4.74 Å². The summed E-state index contributed by atoms with van der Waals surface area (Å²) in [6, 6.07) is 10.8. The highest BCUT2D eigenvalue weighted by atomic mass is 32.1. The number of nitrogens with one attached hydrogen (secondary N) is 1. The largest absolute Gasteiger partial charge is 0.383 e. The van der Waals surface area contributed by atoms with E-state index in [1.165, 1.54) is 24.8 Å². The van der Waals surface area contributed by atoms with Crippen LogP contribution in [0.15, 0.2) is 35.7 Å². The molecule has 3 rings (SSSR count). The summed E-state index contributed by atoms with van der Waals surface area (Å²) in [7, 11) is 1.62. The number of piperidine rings is 1. The Bertz CT molecular complexity index is 681. The quantitative estimate of drug-likeness (QED) is 0.723. The first-order chi connectivity index (χ1) is 12.7. The number of thiazole rings is 1. The zero-order valence-electron chi connectivity index (χ0n) is 15.3. The van der Waals surface area contributed by atoms with Gasteiger partial charge in [0.15, 0.2) is 0 Å². The van der Waals surface area contributed by atoms with Crippen LogP contribution in [0.2, 0.25) is 0 Å². The topological polar surface area (TPSA) is 54.5 Å². The predicted molar refractivity (Wildman–Crippen MR) is 104 cm³/mol. The summed E-state index contributed by atoms with van der Waals surface area (Å²) in [5.74, 6) is 0.651. The van der Waals surface area contributed by atoms with E-state index in [9.17, 15) is 4.79 Å². The second kappa shape index (κ2) is 9.80. The Labute approximate surface area is 159 Å². The number of ether oxygens (including phenoxy) is 1. The summed E-state index contributed by atoms with van der Waals surface area (Å²) in [6.45, 7) is 4.07. The number of benzene rings is 1. The molecule has 1 aromatic heterocycles. The van der Waals surface area contributed by atoms with Crippen molar-refractivity contribution in [1.82, 2.24) is 15.2 Å². The number of nitrogens with zero attached hydrogens (tertiary/aromatic N) is 2. The number of amides is 1. The van der Waals surface area contributed by atoms with Gasteiger partial charge in [0.25, 0.3) is 5.91 Å². The molecular weight excluding hydrogens is 346 g/mol. The molecule has 26 heavy (non-hydrogen) atoms. The highest BCUT2D eigenvalue weighted by Crippen LogP contribution is 2.23. The van der Waals surface area contributed by atoms with Crippen LogP contribution in [0.4, 0.5) is 0 Å². The Morgan fingerprint density at radius 1 is 1.31 bits per heavy atom. The number of hydrogen-bond acceptors (Lipinski definition) is 5. The molecule has 1 aliphatic rings. The van der Waals surface area contributed by atoms with Crippen molar-refractivity contribution in [2.75, 3.05) is 33.4 Å². The minimum absolute atomic E-state index is 0.119. The van der Waals surface area contributed by atoms with Crippen LogP contribution in [0.25, 0.3) is 0 Å². The fraction of sp³-hybridized carbons (Fsp3) is 0.500. The molecule has 1 aliphatic heterocycles. The van der Waals surface area contributed by atoms with Crippen molar-refractivity contribution in [2.45, 2.75) is 25.8 Å². The molecule has 2 aromatic rings. The maximum absolute atomic E-state index is 12.0. The highest BCUT2D eigenvalue weighted by molar-refractivity contribution is 7.09. The first-order valence-electron chi connectivity index (χ1n) is 9.22. The molecule has 0 aliphatic carbocycles. The third-order valence-corrected chi connectivity index (χ3v) is 5.64. The Morgan fingerprint density at radius 3 is 2.81 bits per heavy atom. The van der Waals surface area contributed by atoms with E-state index in [1.54, 1.807) is 18.4 Å². The number of carbonyl (C=O) groups excluding carboxylic acids is 1. The molecule has 0 saturated carbocycles. The van der Waals surface area contributed by atoms with Crippen LogP contribution in [0.1, 0.15) is 33.9 Å². The molecule has 0 spiro atoms. The molecule has 1 saturated heterocycles. The lowest BCUT2D eigenvalue weighted by atomic mass is 9.90. The summed E-state index contributed by atoms with van der Waals surface area (Å²) in [5.41, 5.74) is 1.95. The first kappa shape index (κ1) is 19.0. The number of likely N-dealkylation sites (tertiary alicyclic amines) is 1. The van der Waals surface area contributed by atoms with Crippen LogP contribution in [-0.4, -0.2) is 49.1 Å². The van der Waals surface area contributed by atoms with Crippen LogP contribution in [0.3, 0.4) is 0 Å². The van der Waals surface area contributed by atoms with Gasteiger partial charge in [0.1, 0.15) is 10.7 Å². The van der Waals surface area contributed by atoms with Crippen LogP contribution >= 0.6 is 11.3 Å². The van der Waals surface area contributed by atoms with Gasteiger partial charge in [0.2, 0.25) is 0 Å². The van der Waals surface area contributed by atoms with Crippen LogP contribution in [0, 0.1) is 5.92 Å². The van der Waals surface area contributed by atoms with E-state index < -0.39 is 0 Å². The fourth-order valence-electron chi connectivity index (χ4n) is 3.33. The molecule has 140 valence electrons. The summed E-state index contributed by atoms with van der Waals surface area (Å²) < 4.78 is 4.94. The van der Waals surface area contributed by atoms with Gasteiger partial charge < -0.3 is 10.1 Å². The van der Waals surface area contributed by atoms with Crippen molar-refractivity contribution in [3.63, 3.8) is 0 Å². The standard InChI is InChI=1S/C20H27N3O2S/c1-25-12-9-21-20(24)18-15-26-19(22-18)14-23-10-7-17(8-11-23)13-16-5-3-2-4-6-16/h2-6,15,17H,7-14H2,1H3,(H,21,24). The summed E-state index contributed by atoms with van der Waals surface area (Å²) in [4.78, 5) is 19.0. The lowest BCUT2D eigenvalue weighted by Gasteiger charge is -2.31. The van der Waals surface area contributed by atoms with Gasteiger partial charge in [-0.3, -0.25) is 9.69 Å². The number of hydrogen-bond donors (Lipinski definition) is 1. The Hall–Kier alpha value is -1.76. The van der Waals surface area contributed by atoms with Gasteiger partial charge in [-0.1, -0.05) is 30.3 Å². The molecular formula is C20H27N3O2S. The maximum Gasteiger partial charge on any atom is 0.270 e. The van der Waals surface area contributed by atoms with E-state index in [0.29, 0.717) is 18.8 Å². The third-order valence-electron chi connectivity index (χ3n) is 4.81. The van der Waals surface area contributed by atoms with Gasteiger partial charge in [0, 0.05) is 19.0 Å². The van der Waals surface area contributed by atoms with Crippen LogP contribution < -0.4 is 5.32 Å². The molecule has 1 aromatic carbocycles. The van der Waals surface area contributed by atoms with Gasteiger partial charge in [-0.25, -0.2) is 4.98 Å². The first-order valence-corrected chi connectivity index (χ1v) is 10.1. The van der Waals surface area contributed by atoms with E-state index in [1.807, 2.05) is 5.38 Å². The second-order valence-electron chi connectivity index (χ2n) is 6.78. The van der Waals surface area contributed by atoms with Crippen molar-refractivity contribution in [2.24, 2.45) is 5.92 Å². The SMILES string of the molecule is COCCNC(=O)c1csc(CN2CCC(Cc3ccccc3)CC2)n1. The second-order valence-corrected chi connectivity index (χ2v) is 7.73. The predicted octanol–water partition coefficient (Wildman–Crippen LogP) is 2.97. The highest BCUT2D eigenvalue weighted by Gasteiger charge is 2.21. The van der Waals surface area contributed by atoms with Gasteiger partial charge in [0.05, 0.1) is 13.2 Å². The number of methoxy groups -OCH3 is 1. The van der Waals surface area contributed by atoms with Crippen molar-refractivity contribution in [3.8, 4) is 0 Å². The van der Waals surface area contributed by atoms with E-state index in [-0.39, 0.29) is 5.91 Å². The normalized spacial score (nSPS) is 15.9. The molecule has 0 unspecified atom stereocenters. The summed E-state index contributed by atoms with van der Waals surface area (Å²) in [6.07, 6.45) is 3.63. The molecule has 2 heterocycles. The minimum Gasteiger partial charge on any atom is -0.383 e. The Morgan fingerprint density at radius 2 is 2.08 bits per heavy atom. The fourth-order valence-corrected chi connectivity index (χ4v) is 4.15. The molecule has 6 heteroatoms. The number of rotatable bonds is 8. The number of aromatic nitrogens is 1.